The van der Waals surface area contributed by atoms with Gasteiger partial charge in [0.2, 0.25) is 0 Å². The molecule has 1 aliphatic heterocycles. The molecular formula is C33H29N3O5. The normalized spacial score (nSPS) is 12.7. The van der Waals surface area contributed by atoms with Gasteiger partial charge in [-0.05, 0) is 62.2 Å². The van der Waals surface area contributed by atoms with Crippen molar-refractivity contribution in [1.82, 2.24) is 4.90 Å². The number of nitrogens with one attached hydrogen (secondary N) is 1. The monoisotopic (exact) mass is 547 g/mol. The Bertz CT molecular complexity index is 1620. The van der Waals surface area contributed by atoms with Crippen molar-refractivity contribution < 1.29 is 24.3 Å². The van der Waals surface area contributed by atoms with Crippen molar-refractivity contribution in [2.24, 2.45) is 0 Å². The Kier molecular flexibility index (Phi) is 7.15. The second-order valence-corrected chi connectivity index (χ2v) is 10.7. The molecule has 1 aliphatic rings. The highest BCUT2D eigenvalue weighted by atomic mass is 16.4. The third kappa shape index (κ3) is 5.32. The van der Waals surface area contributed by atoms with Crippen LogP contribution in [0.2, 0.25) is 0 Å². The van der Waals surface area contributed by atoms with Crippen molar-refractivity contribution in [1.29, 1.82) is 0 Å². The van der Waals surface area contributed by atoms with Crippen LogP contribution in [0, 0.1) is 0 Å². The van der Waals surface area contributed by atoms with E-state index in [-0.39, 0.29) is 18.4 Å². The Morgan fingerprint density at radius 1 is 0.756 bits per heavy atom. The quantitative estimate of drug-likeness (QED) is 0.262. The summed E-state index contributed by atoms with van der Waals surface area (Å²) in [5.74, 6) is -1.12. The number of amides is 4. The minimum absolute atomic E-state index is 0.0800. The standard InChI is InChI=1S/C33H29N3O5/c1-33(2,3)36(32(40)41)28-24(22-10-5-4-6-11-22)14-9-15-27(28)34-29(37)23-18-16-21(17-19-23)20-35-30(38)25-12-7-8-13-26(25)31(35)39/h4-19H,20H2,1-3H3,(H,34,37)(H,40,41). The highest BCUT2D eigenvalue weighted by molar-refractivity contribution is 6.21. The van der Waals surface area contributed by atoms with E-state index in [9.17, 15) is 24.3 Å². The van der Waals surface area contributed by atoms with Crippen LogP contribution in [0.3, 0.4) is 0 Å². The van der Waals surface area contributed by atoms with E-state index in [1.165, 1.54) is 9.80 Å². The molecule has 8 nitrogen and oxygen atoms in total. The van der Waals surface area contributed by atoms with Gasteiger partial charge in [-0.1, -0.05) is 66.7 Å². The van der Waals surface area contributed by atoms with E-state index < -0.39 is 17.5 Å². The maximum atomic E-state index is 13.4. The van der Waals surface area contributed by atoms with Crippen LogP contribution in [-0.2, 0) is 6.54 Å². The maximum absolute atomic E-state index is 13.4. The van der Waals surface area contributed by atoms with Gasteiger partial charge in [-0.2, -0.15) is 0 Å². The summed E-state index contributed by atoms with van der Waals surface area (Å²) in [7, 11) is 0. The van der Waals surface area contributed by atoms with Gasteiger partial charge in [-0.3, -0.25) is 24.2 Å². The lowest BCUT2D eigenvalue weighted by Gasteiger charge is -2.36. The lowest BCUT2D eigenvalue weighted by molar-refractivity contribution is 0.0641. The van der Waals surface area contributed by atoms with Gasteiger partial charge in [0.15, 0.2) is 0 Å². The van der Waals surface area contributed by atoms with E-state index in [2.05, 4.69) is 5.32 Å². The van der Waals surface area contributed by atoms with Crippen LogP contribution in [0.1, 0.15) is 57.4 Å². The average Bonchev–Trinajstić information content (AvgIpc) is 3.18. The Labute approximate surface area is 237 Å². The molecule has 0 aliphatic carbocycles. The summed E-state index contributed by atoms with van der Waals surface area (Å²) in [5, 5.41) is 13.1. The van der Waals surface area contributed by atoms with Crippen molar-refractivity contribution in [2.45, 2.75) is 32.9 Å². The van der Waals surface area contributed by atoms with Crippen LogP contribution in [-0.4, -0.2) is 39.4 Å². The minimum atomic E-state index is -1.14. The second kappa shape index (κ2) is 10.7. The molecule has 0 unspecified atom stereocenters. The summed E-state index contributed by atoms with van der Waals surface area (Å²) in [6.45, 7) is 5.46. The van der Waals surface area contributed by atoms with Gasteiger partial charge in [0, 0.05) is 16.7 Å². The Morgan fingerprint density at radius 3 is 1.88 bits per heavy atom. The minimum Gasteiger partial charge on any atom is -0.465 e. The topological polar surface area (TPSA) is 107 Å². The molecule has 0 spiro atoms. The number of carbonyl (C=O) groups excluding carboxylic acids is 3. The number of hydrogen-bond acceptors (Lipinski definition) is 4. The van der Waals surface area contributed by atoms with Crippen molar-refractivity contribution in [2.75, 3.05) is 10.2 Å². The van der Waals surface area contributed by atoms with E-state index in [0.29, 0.717) is 39.2 Å². The van der Waals surface area contributed by atoms with E-state index in [0.717, 1.165) is 5.56 Å². The van der Waals surface area contributed by atoms with Crippen LogP contribution >= 0.6 is 0 Å². The van der Waals surface area contributed by atoms with Gasteiger partial charge >= 0.3 is 6.09 Å². The Morgan fingerprint density at radius 2 is 1.32 bits per heavy atom. The first-order chi connectivity index (χ1) is 19.6. The van der Waals surface area contributed by atoms with Crippen molar-refractivity contribution in [3.05, 3.63) is 119 Å². The molecular weight excluding hydrogens is 518 g/mol. The van der Waals surface area contributed by atoms with Crippen LogP contribution in [0.4, 0.5) is 16.2 Å². The molecule has 4 aromatic rings. The van der Waals surface area contributed by atoms with Crippen LogP contribution in [0.25, 0.3) is 11.1 Å². The average molecular weight is 548 g/mol. The second-order valence-electron chi connectivity index (χ2n) is 10.7. The molecule has 0 atom stereocenters. The molecule has 1 heterocycles. The van der Waals surface area contributed by atoms with E-state index in [1.54, 1.807) is 81.4 Å². The highest BCUT2D eigenvalue weighted by Crippen LogP contribution is 2.40. The number of hydrogen-bond donors (Lipinski definition) is 2. The predicted octanol–water partition coefficient (Wildman–Crippen LogP) is 6.69. The molecule has 0 saturated carbocycles. The highest BCUT2D eigenvalue weighted by Gasteiger charge is 2.35. The van der Waals surface area contributed by atoms with Gasteiger partial charge < -0.3 is 10.4 Å². The molecule has 41 heavy (non-hydrogen) atoms. The molecule has 8 heteroatoms. The summed E-state index contributed by atoms with van der Waals surface area (Å²) in [6.07, 6.45) is -1.14. The first kappa shape index (κ1) is 27.3. The van der Waals surface area contributed by atoms with Crippen LogP contribution in [0.15, 0.2) is 97.1 Å². The molecule has 5 rings (SSSR count). The number of carboxylic acid groups (broad SMARTS) is 1. The lowest BCUT2D eigenvalue weighted by Crippen LogP contribution is -2.45. The molecule has 0 fully saturated rings. The number of anilines is 2. The van der Waals surface area contributed by atoms with E-state index in [4.69, 9.17) is 0 Å². The summed E-state index contributed by atoms with van der Waals surface area (Å²) >= 11 is 0. The number of nitrogens with zero attached hydrogens (tertiary/aromatic N) is 2. The van der Waals surface area contributed by atoms with Gasteiger partial charge in [-0.15, -0.1) is 0 Å². The molecule has 206 valence electrons. The van der Waals surface area contributed by atoms with Gasteiger partial charge in [0.1, 0.15) is 0 Å². The molecule has 0 aromatic heterocycles. The van der Waals surface area contributed by atoms with Crippen molar-refractivity contribution in [3.8, 4) is 11.1 Å². The predicted molar refractivity (Wildman–Crippen MR) is 157 cm³/mol. The fourth-order valence-electron chi connectivity index (χ4n) is 4.98. The van der Waals surface area contributed by atoms with Gasteiger partial charge in [0.25, 0.3) is 17.7 Å². The zero-order valence-electron chi connectivity index (χ0n) is 22.9. The summed E-state index contributed by atoms with van der Waals surface area (Å²) < 4.78 is 0. The first-order valence-electron chi connectivity index (χ1n) is 13.1. The molecule has 0 saturated heterocycles. The molecule has 4 aromatic carbocycles. The van der Waals surface area contributed by atoms with Gasteiger partial charge in [0.05, 0.1) is 29.0 Å². The molecule has 4 amide bonds. The number of carbonyl (C=O) groups is 4. The van der Waals surface area contributed by atoms with Crippen molar-refractivity contribution in [3.63, 3.8) is 0 Å². The Balaban J connectivity index is 1.42. The maximum Gasteiger partial charge on any atom is 0.412 e. The number of fused-ring (bicyclic) bond motifs is 1. The molecule has 0 radical (unpaired) electrons. The van der Waals surface area contributed by atoms with E-state index >= 15 is 0 Å². The SMILES string of the molecule is CC(C)(C)N(C(=O)O)c1c(NC(=O)c2ccc(CN3C(=O)c4ccccc4C3=O)cc2)cccc1-c1ccccc1. The number of rotatable bonds is 6. The third-order valence-corrected chi connectivity index (χ3v) is 6.89. The summed E-state index contributed by atoms with van der Waals surface area (Å²) in [4.78, 5) is 53.8. The number of para-hydroxylation sites is 1. The Hall–Kier alpha value is -5.24. The number of benzene rings is 4. The van der Waals surface area contributed by atoms with Crippen LogP contribution in [0.5, 0.6) is 0 Å². The number of imide groups is 1. The van der Waals surface area contributed by atoms with Crippen molar-refractivity contribution >= 4 is 35.2 Å². The summed E-state index contributed by atoms with van der Waals surface area (Å²) in [6, 6.07) is 28.0. The smallest absolute Gasteiger partial charge is 0.412 e. The zero-order chi connectivity index (χ0) is 29.3. The van der Waals surface area contributed by atoms with Crippen LogP contribution < -0.4 is 10.2 Å². The third-order valence-electron chi connectivity index (χ3n) is 6.89. The zero-order valence-corrected chi connectivity index (χ0v) is 22.9. The fraction of sp³-hybridized carbons (Fsp3) is 0.152. The lowest BCUT2D eigenvalue weighted by atomic mass is 9.97. The summed E-state index contributed by atoms with van der Waals surface area (Å²) in [5.41, 5.74) is 3.18. The first-order valence-corrected chi connectivity index (χ1v) is 13.1. The molecule has 2 N–H and O–H groups in total. The molecule has 0 bridgehead atoms. The van der Waals surface area contributed by atoms with E-state index in [1.807, 2.05) is 36.4 Å². The fourth-order valence-corrected chi connectivity index (χ4v) is 4.98. The van der Waals surface area contributed by atoms with Gasteiger partial charge in [-0.25, -0.2) is 4.79 Å². The largest absolute Gasteiger partial charge is 0.465 e.